The zero-order valence-electron chi connectivity index (χ0n) is 20.8. The number of hydrogen-bond donors (Lipinski definition) is 0. The molecule has 5 aromatic carbocycles. The molecule has 1 unspecified atom stereocenters. The molecule has 178 valence electrons. The van der Waals surface area contributed by atoms with Crippen molar-refractivity contribution in [2.24, 2.45) is 0 Å². The third kappa shape index (κ3) is 3.10. The number of aromatic nitrogens is 2. The van der Waals surface area contributed by atoms with Gasteiger partial charge in [0.15, 0.2) is 0 Å². The summed E-state index contributed by atoms with van der Waals surface area (Å²) in [5, 5.41) is 2.56. The Morgan fingerprint density at radius 1 is 0.526 bits per heavy atom. The monoisotopic (exact) mass is 484 g/mol. The maximum atomic E-state index is 4.88. The van der Waals surface area contributed by atoms with Gasteiger partial charge in [-0.3, -0.25) is 4.98 Å². The lowest BCUT2D eigenvalue weighted by Crippen LogP contribution is -2.02. The van der Waals surface area contributed by atoms with Crippen LogP contribution in [0.1, 0.15) is 22.7 Å². The fourth-order valence-electron chi connectivity index (χ4n) is 6.23. The van der Waals surface area contributed by atoms with E-state index in [2.05, 4.69) is 132 Å². The molecular formula is C36H24N2. The Morgan fingerprint density at radius 2 is 1.21 bits per heavy atom. The Bertz CT molecular complexity index is 1910. The zero-order chi connectivity index (χ0) is 25.1. The highest BCUT2D eigenvalue weighted by Crippen LogP contribution is 2.48. The van der Waals surface area contributed by atoms with Crippen LogP contribution in [-0.4, -0.2) is 9.55 Å². The molecule has 2 heterocycles. The van der Waals surface area contributed by atoms with Gasteiger partial charge in [0.2, 0.25) is 0 Å². The largest absolute Gasteiger partial charge is 0.309 e. The highest BCUT2D eigenvalue weighted by Gasteiger charge is 2.31. The molecule has 0 saturated carbocycles. The first kappa shape index (κ1) is 21.2. The van der Waals surface area contributed by atoms with Crippen molar-refractivity contribution in [2.75, 3.05) is 0 Å². The topological polar surface area (TPSA) is 17.8 Å². The van der Waals surface area contributed by atoms with Gasteiger partial charge < -0.3 is 4.57 Å². The Labute approximate surface area is 221 Å². The second kappa shape index (κ2) is 8.29. The van der Waals surface area contributed by atoms with Crippen molar-refractivity contribution >= 4 is 21.8 Å². The molecule has 38 heavy (non-hydrogen) atoms. The maximum absolute atomic E-state index is 4.88. The standard InChI is InChI=1S/C36H24N2/c1-2-9-24(10-3-1)26-18-21-30-32(23-26)31-13-8-22-37-36(31)35(30)25-16-19-27(20-17-25)38-33-14-6-4-11-28(33)29-12-5-7-15-34(29)38/h1-23,35H. The molecule has 0 saturated heterocycles. The van der Waals surface area contributed by atoms with Gasteiger partial charge in [0.05, 0.1) is 22.6 Å². The van der Waals surface area contributed by atoms with E-state index in [1.54, 1.807) is 0 Å². The summed E-state index contributed by atoms with van der Waals surface area (Å²) in [6.07, 6.45) is 1.92. The molecular weight excluding hydrogens is 460 g/mol. The van der Waals surface area contributed by atoms with Gasteiger partial charge >= 0.3 is 0 Å². The highest BCUT2D eigenvalue weighted by atomic mass is 15.0. The number of hydrogen-bond acceptors (Lipinski definition) is 1. The Balaban J connectivity index is 1.26. The molecule has 0 radical (unpaired) electrons. The van der Waals surface area contributed by atoms with Crippen LogP contribution in [0.25, 0.3) is 49.7 Å². The van der Waals surface area contributed by atoms with Crippen LogP contribution < -0.4 is 0 Å². The van der Waals surface area contributed by atoms with E-state index in [9.17, 15) is 0 Å². The van der Waals surface area contributed by atoms with Gasteiger partial charge in [-0.05, 0) is 64.2 Å². The van der Waals surface area contributed by atoms with E-state index < -0.39 is 0 Å². The van der Waals surface area contributed by atoms with Gasteiger partial charge in [-0.2, -0.15) is 0 Å². The molecule has 1 aliphatic carbocycles. The van der Waals surface area contributed by atoms with E-state index in [-0.39, 0.29) is 5.92 Å². The van der Waals surface area contributed by atoms with Crippen LogP contribution in [0.3, 0.4) is 0 Å². The summed E-state index contributed by atoms with van der Waals surface area (Å²) >= 11 is 0. The summed E-state index contributed by atoms with van der Waals surface area (Å²) < 4.78 is 2.37. The highest BCUT2D eigenvalue weighted by molar-refractivity contribution is 6.09. The summed E-state index contributed by atoms with van der Waals surface area (Å²) in [6, 6.07) is 48.1. The van der Waals surface area contributed by atoms with Crippen molar-refractivity contribution in [3.8, 4) is 27.9 Å². The predicted molar refractivity (Wildman–Crippen MR) is 157 cm³/mol. The molecule has 2 nitrogen and oxygen atoms in total. The van der Waals surface area contributed by atoms with E-state index in [0.717, 1.165) is 5.69 Å². The van der Waals surface area contributed by atoms with Crippen LogP contribution in [0.5, 0.6) is 0 Å². The zero-order valence-corrected chi connectivity index (χ0v) is 20.8. The van der Waals surface area contributed by atoms with Crippen LogP contribution in [0.2, 0.25) is 0 Å². The van der Waals surface area contributed by atoms with E-state index >= 15 is 0 Å². The van der Waals surface area contributed by atoms with Gasteiger partial charge in [0, 0.05) is 28.2 Å². The van der Waals surface area contributed by atoms with Crippen molar-refractivity contribution in [3.05, 3.63) is 156 Å². The summed E-state index contributed by atoms with van der Waals surface area (Å²) in [7, 11) is 0. The van der Waals surface area contributed by atoms with Gasteiger partial charge in [0.1, 0.15) is 0 Å². The summed E-state index contributed by atoms with van der Waals surface area (Å²) in [5.74, 6) is 0.123. The lowest BCUT2D eigenvalue weighted by Gasteiger charge is -2.15. The number of pyridine rings is 1. The quantitative estimate of drug-likeness (QED) is 0.245. The summed E-state index contributed by atoms with van der Waals surface area (Å²) in [5.41, 5.74) is 12.3. The first-order valence-electron chi connectivity index (χ1n) is 13.1. The van der Waals surface area contributed by atoms with Gasteiger partial charge in [-0.15, -0.1) is 0 Å². The van der Waals surface area contributed by atoms with E-state index in [0.29, 0.717) is 0 Å². The molecule has 0 bridgehead atoms. The van der Waals surface area contributed by atoms with Crippen LogP contribution in [0.4, 0.5) is 0 Å². The minimum absolute atomic E-state index is 0.123. The number of nitrogens with zero attached hydrogens (tertiary/aromatic N) is 2. The molecule has 0 amide bonds. The van der Waals surface area contributed by atoms with Crippen molar-refractivity contribution in [1.82, 2.24) is 9.55 Å². The third-order valence-electron chi connectivity index (χ3n) is 7.94. The molecule has 7 aromatic rings. The fraction of sp³-hybridized carbons (Fsp3) is 0.0278. The second-order valence-corrected chi connectivity index (χ2v) is 10.00. The van der Waals surface area contributed by atoms with E-state index in [1.807, 2.05) is 12.3 Å². The van der Waals surface area contributed by atoms with Gasteiger partial charge in [0.25, 0.3) is 0 Å². The van der Waals surface area contributed by atoms with E-state index in [1.165, 1.54) is 60.9 Å². The van der Waals surface area contributed by atoms with Crippen LogP contribution in [0.15, 0.2) is 140 Å². The van der Waals surface area contributed by atoms with Crippen LogP contribution >= 0.6 is 0 Å². The lowest BCUT2D eigenvalue weighted by atomic mass is 9.90. The molecule has 8 rings (SSSR count). The molecule has 0 spiro atoms. The second-order valence-electron chi connectivity index (χ2n) is 10.00. The van der Waals surface area contributed by atoms with Crippen molar-refractivity contribution in [2.45, 2.75) is 5.92 Å². The van der Waals surface area contributed by atoms with Crippen molar-refractivity contribution in [1.29, 1.82) is 0 Å². The van der Waals surface area contributed by atoms with Crippen LogP contribution in [0, 0.1) is 0 Å². The van der Waals surface area contributed by atoms with Crippen LogP contribution in [-0.2, 0) is 0 Å². The summed E-state index contributed by atoms with van der Waals surface area (Å²) in [4.78, 5) is 4.88. The molecule has 0 fully saturated rings. The van der Waals surface area contributed by atoms with Gasteiger partial charge in [-0.25, -0.2) is 0 Å². The molecule has 2 heteroatoms. The van der Waals surface area contributed by atoms with Crippen molar-refractivity contribution < 1.29 is 0 Å². The molecule has 0 aliphatic heterocycles. The average molecular weight is 485 g/mol. The molecule has 0 N–H and O–H groups in total. The Kier molecular flexibility index (Phi) is 4.62. The normalized spacial score (nSPS) is 14.1. The number of rotatable bonds is 3. The fourth-order valence-corrected chi connectivity index (χ4v) is 6.23. The Hall–Kier alpha value is -4.95. The minimum atomic E-state index is 0.123. The van der Waals surface area contributed by atoms with E-state index in [4.69, 9.17) is 4.98 Å². The Morgan fingerprint density at radius 3 is 1.95 bits per heavy atom. The smallest absolute Gasteiger partial charge is 0.0601 e. The first-order valence-corrected chi connectivity index (χ1v) is 13.1. The number of para-hydroxylation sites is 2. The minimum Gasteiger partial charge on any atom is -0.309 e. The number of benzene rings is 5. The third-order valence-corrected chi connectivity index (χ3v) is 7.94. The maximum Gasteiger partial charge on any atom is 0.0601 e. The first-order chi connectivity index (χ1) is 18.9. The lowest BCUT2D eigenvalue weighted by molar-refractivity contribution is 0.952. The molecule has 1 atom stereocenters. The molecule has 2 aromatic heterocycles. The SMILES string of the molecule is c1ccc(-c2ccc3c(c2)-c2cccnc2C3c2ccc(-n3c4ccccc4c4ccccc43)cc2)cc1. The average Bonchev–Trinajstić information content (AvgIpc) is 3.50. The molecule has 1 aliphatic rings. The van der Waals surface area contributed by atoms with Crippen molar-refractivity contribution in [3.63, 3.8) is 0 Å². The number of fused-ring (bicyclic) bond motifs is 6. The summed E-state index contributed by atoms with van der Waals surface area (Å²) in [6.45, 7) is 0. The predicted octanol–water partition coefficient (Wildman–Crippen LogP) is 9.01. The van der Waals surface area contributed by atoms with Gasteiger partial charge in [-0.1, -0.05) is 97.1 Å².